The minimum absolute atomic E-state index is 0.233. The largest absolute Gasteiger partial charge is 0.467 e. The molecule has 2 aromatic heterocycles. The zero-order valence-electron chi connectivity index (χ0n) is 16.8. The van der Waals surface area contributed by atoms with Crippen molar-refractivity contribution in [2.75, 3.05) is 20.2 Å². The third-order valence-electron chi connectivity index (χ3n) is 4.81. The molecule has 0 saturated carbocycles. The number of esters is 1. The van der Waals surface area contributed by atoms with E-state index in [9.17, 15) is 14.4 Å². The second-order valence-electron chi connectivity index (χ2n) is 6.76. The van der Waals surface area contributed by atoms with Gasteiger partial charge in [0.25, 0.3) is 5.56 Å². The molecule has 0 unspecified atom stereocenters. The lowest BCUT2D eigenvalue weighted by molar-refractivity contribution is -0.914. The van der Waals surface area contributed by atoms with Crippen LogP contribution in [-0.4, -0.2) is 45.3 Å². The molecule has 0 aliphatic heterocycles. The highest BCUT2D eigenvalue weighted by Crippen LogP contribution is 2.21. The van der Waals surface area contributed by atoms with E-state index in [4.69, 9.17) is 4.74 Å². The highest BCUT2D eigenvalue weighted by atomic mass is 16.5. The van der Waals surface area contributed by atoms with Crippen LogP contribution in [0.25, 0.3) is 11.2 Å². The van der Waals surface area contributed by atoms with Gasteiger partial charge in [0.05, 0.1) is 20.2 Å². The van der Waals surface area contributed by atoms with E-state index in [1.54, 1.807) is 11.6 Å². The SMILES string of the molecule is CCC[NH+](CCC)Cc1nc2c(c(=O)[nH]c(=O)n2C)n1[C@H](CC)C(=O)OC. The summed E-state index contributed by atoms with van der Waals surface area (Å²) in [6, 6.07) is -0.668. The molecule has 0 spiro atoms. The molecule has 0 saturated heterocycles. The summed E-state index contributed by atoms with van der Waals surface area (Å²) in [7, 11) is 2.89. The molecule has 2 rings (SSSR count). The first kappa shape index (κ1) is 20.9. The van der Waals surface area contributed by atoms with Gasteiger partial charge in [0.2, 0.25) is 0 Å². The van der Waals surface area contributed by atoms with E-state index in [0.717, 1.165) is 25.9 Å². The molecule has 9 heteroatoms. The van der Waals surface area contributed by atoms with Crippen molar-refractivity contribution >= 4 is 17.1 Å². The number of methoxy groups -OCH3 is 1. The number of carbonyl (C=O) groups excluding carboxylic acids is 1. The fourth-order valence-electron chi connectivity index (χ4n) is 3.53. The molecule has 0 aromatic carbocycles. The third-order valence-corrected chi connectivity index (χ3v) is 4.81. The van der Waals surface area contributed by atoms with Crippen LogP contribution in [-0.2, 0) is 23.1 Å². The number of hydrogen-bond donors (Lipinski definition) is 2. The maximum Gasteiger partial charge on any atom is 0.329 e. The summed E-state index contributed by atoms with van der Waals surface area (Å²) in [6.45, 7) is 8.59. The maximum atomic E-state index is 12.6. The van der Waals surface area contributed by atoms with Crippen molar-refractivity contribution in [1.29, 1.82) is 0 Å². The highest BCUT2D eigenvalue weighted by molar-refractivity contribution is 5.79. The van der Waals surface area contributed by atoms with Crippen molar-refractivity contribution in [2.45, 2.75) is 52.6 Å². The number of fused-ring (bicyclic) bond motifs is 1. The monoisotopic (exact) mass is 380 g/mol. The van der Waals surface area contributed by atoms with Gasteiger partial charge in [-0.05, 0) is 19.3 Å². The quantitative estimate of drug-likeness (QED) is 0.584. The number of nitrogens with one attached hydrogen (secondary N) is 2. The number of nitrogens with zero attached hydrogens (tertiary/aromatic N) is 3. The van der Waals surface area contributed by atoms with E-state index >= 15 is 0 Å². The summed E-state index contributed by atoms with van der Waals surface area (Å²) >= 11 is 0. The van der Waals surface area contributed by atoms with Crippen molar-refractivity contribution in [3.05, 3.63) is 26.7 Å². The lowest BCUT2D eigenvalue weighted by atomic mass is 10.2. The van der Waals surface area contributed by atoms with Crippen molar-refractivity contribution < 1.29 is 14.4 Å². The normalized spacial score (nSPS) is 12.7. The number of imidazole rings is 1. The van der Waals surface area contributed by atoms with Gasteiger partial charge in [-0.3, -0.25) is 14.3 Å². The van der Waals surface area contributed by atoms with Gasteiger partial charge in [-0.15, -0.1) is 0 Å². The zero-order chi connectivity index (χ0) is 20.1. The number of hydrogen-bond acceptors (Lipinski definition) is 5. The minimum atomic E-state index is -0.668. The molecule has 1 atom stereocenters. The Bertz CT molecular complexity index is 905. The van der Waals surface area contributed by atoms with Gasteiger partial charge in [0.15, 0.2) is 17.0 Å². The fraction of sp³-hybridized carbons (Fsp3) is 0.667. The standard InChI is InChI=1S/C18H29N5O4/c1-6-9-22(10-7-2)11-13-19-15-14(16(24)20-18(26)21(15)4)23(13)12(8-3)17(25)27-5/h12H,6-11H2,1-5H3,(H,20,24,26)/p+1/t12-/m1/s1. The van der Waals surface area contributed by atoms with Gasteiger partial charge in [-0.25, -0.2) is 14.6 Å². The van der Waals surface area contributed by atoms with Crippen LogP contribution in [0.15, 0.2) is 9.59 Å². The number of aromatic nitrogens is 4. The second-order valence-corrected chi connectivity index (χ2v) is 6.76. The summed E-state index contributed by atoms with van der Waals surface area (Å²) < 4.78 is 7.91. The molecular formula is C18H30N5O4+. The first-order valence-corrected chi connectivity index (χ1v) is 9.50. The molecule has 0 bridgehead atoms. The molecule has 150 valence electrons. The summed E-state index contributed by atoms with van der Waals surface area (Å²) in [5, 5.41) is 0. The van der Waals surface area contributed by atoms with Crippen molar-refractivity contribution in [3.8, 4) is 0 Å². The third kappa shape index (κ3) is 4.13. The van der Waals surface area contributed by atoms with E-state index in [1.807, 2.05) is 6.92 Å². The fourth-order valence-corrected chi connectivity index (χ4v) is 3.53. The van der Waals surface area contributed by atoms with Crippen LogP contribution in [0.3, 0.4) is 0 Å². The number of H-pyrrole nitrogens is 1. The van der Waals surface area contributed by atoms with Gasteiger partial charge >= 0.3 is 11.7 Å². The van der Waals surface area contributed by atoms with Crippen LogP contribution < -0.4 is 16.1 Å². The smallest absolute Gasteiger partial charge is 0.329 e. The topological polar surface area (TPSA) is 103 Å². The molecule has 2 heterocycles. The first-order chi connectivity index (χ1) is 12.9. The van der Waals surface area contributed by atoms with E-state index in [-0.39, 0.29) is 11.2 Å². The molecule has 0 radical (unpaired) electrons. The van der Waals surface area contributed by atoms with Crippen molar-refractivity contribution in [2.24, 2.45) is 7.05 Å². The molecule has 2 N–H and O–H groups in total. The van der Waals surface area contributed by atoms with Crippen LogP contribution in [0.5, 0.6) is 0 Å². The molecule has 9 nitrogen and oxygen atoms in total. The van der Waals surface area contributed by atoms with Crippen LogP contribution in [0.2, 0.25) is 0 Å². The first-order valence-electron chi connectivity index (χ1n) is 9.50. The number of aryl methyl sites for hydroxylation is 1. The number of ether oxygens (including phenoxy) is 1. The summed E-state index contributed by atoms with van der Waals surface area (Å²) in [5.41, 5.74) is -0.548. The lowest BCUT2D eigenvalue weighted by Crippen LogP contribution is -3.10. The summed E-state index contributed by atoms with van der Waals surface area (Å²) in [4.78, 5) is 45.2. The Balaban J connectivity index is 2.74. The molecular weight excluding hydrogens is 350 g/mol. The molecule has 0 amide bonds. The predicted molar refractivity (Wildman–Crippen MR) is 102 cm³/mol. The highest BCUT2D eigenvalue weighted by Gasteiger charge is 2.29. The van der Waals surface area contributed by atoms with Gasteiger partial charge in [-0.1, -0.05) is 20.8 Å². The minimum Gasteiger partial charge on any atom is -0.467 e. The van der Waals surface area contributed by atoms with Crippen LogP contribution >= 0.6 is 0 Å². The summed E-state index contributed by atoms with van der Waals surface area (Å²) in [6.07, 6.45) is 2.48. The van der Waals surface area contributed by atoms with Crippen molar-refractivity contribution in [1.82, 2.24) is 19.1 Å². The van der Waals surface area contributed by atoms with Gasteiger partial charge in [-0.2, -0.15) is 0 Å². The maximum absolute atomic E-state index is 12.6. The van der Waals surface area contributed by atoms with Crippen LogP contribution in [0, 0.1) is 0 Å². The van der Waals surface area contributed by atoms with Gasteiger partial charge in [0.1, 0.15) is 12.6 Å². The average Bonchev–Trinajstić information content (AvgIpc) is 3.00. The summed E-state index contributed by atoms with van der Waals surface area (Å²) in [5.74, 6) is 0.185. The number of quaternary nitrogens is 1. The Kier molecular flexibility index (Phi) is 6.95. The Labute approximate surface area is 158 Å². The van der Waals surface area contributed by atoms with Crippen molar-refractivity contribution in [3.63, 3.8) is 0 Å². The Morgan fingerprint density at radius 2 is 1.85 bits per heavy atom. The molecule has 2 aromatic rings. The van der Waals surface area contributed by atoms with E-state index in [2.05, 4.69) is 23.8 Å². The number of rotatable bonds is 9. The zero-order valence-corrected chi connectivity index (χ0v) is 16.8. The van der Waals surface area contributed by atoms with Gasteiger partial charge < -0.3 is 14.2 Å². The van der Waals surface area contributed by atoms with E-state index in [0.29, 0.717) is 18.8 Å². The van der Waals surface area contributed by atoms with E-state index < -0.39 is 23.3 Å². The number of aromatic amines is 1. The Morgan fingerprint density at radius 1 is 1.22 bits per heavy atom. The molecule has 0 aliphatic rings. The Hall–Kier alpha value is -2.42. The Morgan fingerprint density at radius 3 is 2.37 bits per heavy atom. The van der Waals surface area contributed by atoms with Crippen LogP contribution in [0.4, 0.5) is 0 Å². The van der Waals surface area contributed by atoms with Crippen LogP contribution in [0.1, 0.15) is 51.9 Å². The number of carbonyl (C=O) groups is 1. The molecule has 0 fully saturated rings. The van der Waals surface area contributed by atoms with E-state index in [1.165, 1.54) is 16.6 Å². The second kappa shape index (κ2) is 8.98. The molecule has 27 heavy (non-hydrogen) atoms. The van der Waals surface area contributed by atoms with Gasteiger partial charge in [0, 0.05) is 7.05 Å². The lowest BCUT2D eigenvalue weighted by Gasteiger charge is -2.21. The predicted octanol–water partition coefficient (Wildman–Crippen LogP) is -0.248. The molecule has 0 aliphatic carbocycles. The average molecular weight is 380 g/mol.